The lowest BCUT2D eigenvalue weighted by Gasteiger charge is -2.22. The summed E-state index contributed by atoms with van der Waals surface area (Å²) in [5.74, 6) is 1.59. The second-order valence-corrected chi connectivity index (χ2v) is 6.70. The maximum absolute atomic E-state index is 3.84. The minimum Gasteiger partial charge on any atom is -0.103 e. The molecule has 0 fully saturated rings. The van der Waals surface area contributed by atoms with Crippen LogP contribution < -0.4 is 0 Å². The molecular formula is C18H34. The fourth-order valence-electron chi connectivity index (χ4n) is 2.40. The van der Waals surface area contributed by atoms with Crippen molar-refractivity contribution in [1.82, 2.24) is 0 Å². The van der Waals surface area contributed by atoms with E-state index in [0.29, 0.717) is 5.41 Å². The van der Waals surface area contributed by atoms with E-state index in [1.165, 1.54) is 32.1 Å². The zero-order valence-electron chi connectivity index (χ0n) is 13.3. The van der Waals surface area contributed by atoms with Gasteiger partial charge < -0.3 is 0 Å². The van der Waals surface area contributed by atoms with Crippen molar-refractivity contribution < 1.29 is 0 Å². The number of hydrogen-bond donors (Lipinski definition) is 0. The highest BCUT2D eigenvalue weighted by Gasteiger charge is 2.14. The third-order valence-electron chi connectivity index (χ3n) is 3.86. The fourth-order valence-corrected chi connectivity index (χ4v) is 2.40. The summed E-state index contributed by atoms with van der Waals surface area (Å²) < 4.78 is 0. The molecule has 18 heavy (non-hydrogen) atoms. The van der Waals surface area contributed by atoms with Gasteiger partial charge in [-0.3, -0.25) is 0 Å². The molecule has 0 saturated carbocycles. The molecule has 0 aliphatic heterocycles. The van der Waals surface area contributed by atoms with Crippen LogP contribution in [0.5, 0.6) is 0 Å². The molecule has 0 nitrogen and oxygen atoms in total. The molecule has 2 unspecified atom stereocenters. The first-order valence-corrected chi connectivity index (χ1v) is 7.69. The summed E-state index contributed by atoms with van der Waals surface area (Å²) in [6.45, 7) is 15.5. The Morgan fingerprint density at radius 1 is 1.22 bits per heavy atom. The summed E-state index contributed by atoms with van der Waals surface area (Å²) >= 11 is 0. The molecule has 0 heterocycles. The fraction of sp³-hybridized carbons (Fsp3) is 0.778. The molecular weight excluding hydrogens is 216 g/mol. The van der Waals surface area contributed by atoms with Crippen LogP contribution in [-0.4, -0.2) is 0 Å². The first kappa shape index (κ1) is 17.5. The quantitative estimate of drug-likeness (QED) is 0.311. The Balaban J connectivity index is 3.74. The van der Waals surface area contributed by atoms with Gasteiger partial charge in [0.25, 0.3) is 0 Å². The standard InChI is InChI=1S/C18H34/c1-7-13-18(5,6)14-11-9-10-12-17(4)15-16(3)8-2/h7,10,12,16-17H,1,8-9,11,13-15H2,2-6H3. The van der Waals surface area contributed by atoms with E-state index in [2.05, 4.69) is 53.3 Å². The maximum atomic E-state index is 3.84. The smallest absolute Gasteiger partial charge is 0.0259 e. The van der Waals surface area contributed by atoms with Crippen molar-refractivity contribution in [3.8, 4) is 0 Å². The van der Waals surface area contributed by atoms with Crippen molar-refractivity contribution in [3.63, 3.8) is 0 Å². The molecule has 0 saturated heterocycles. The van der Waals surface area contributed by atoms with Crippen molar-refractivity contribution in [2.75, 3.05) is 0 Å². The maximum Gasteiger partial charge on any atom is -0.0259 e. The number of hydrogen-bond acceptors (Lipinski definition) is 0. The zero-order valence-corrected chi connectivity index (χ0v) is 13.3. The van der Waals surface area contributed by atoms with E-state index >= 15 is 0 Å². The highest BCUT2D eigenvalue weighted by Crippen LogP contribution is 2.27. The molecule has 0 amide bonds. The molecule has 0 bridgehead atoms. The number of unbranched alkanes of at least 4 members (excludes halogenated alkanes) is 1. The first-order chi connectivity index (χ1) is 8.41. The van der Waals surface area contributed by atoms with E-state index in [1.54, 1.807) is 0 Å². The summed E-state index contributed by atoms with van der Waals surface area (Å²) in [6, 6.07) is 0. The van der Waals surface area contributed by atoms with E-state index in [1.807, 2.05) is 6.08 Å². The Hall–Kier alpha value is -0.520. The highest BCUT2D eigenvalue weighted by atomic mass is 14.2. The van der Waals surface area contributed by atoms with Gasteiger partial charge in [-0.25, -0.2) is 0 Å². The van der Waals surface area contributed by atoms with Gasteiger partial charge in [0.2, 0.25) is 0 Å². The van der Waals surface area contributed by atoms with Gasteiger partial charge in [0.05, 0.1) is 0 Å². The number of rotatable bonds is 10. The van der Waals surface area contributed by atoms with E-state index in [-0.39, 0.29) is 0 Å². The van der Waals surface area contributed by atoms with Crippen molar-refractivity contribution in [2.45, 2.75) is 73.1 Å². The summed E-state index contributed by atoms with van der Waals surface area (Å²) in [7, 11) is 0. The van der Waals surface area contributed by atoms with E-state index in [4.69, 9.17) is 0 Å². The Labute approximate surface area is 116 Å². The normalized spacial score (nSPS) is 15.8. The average Bonchev–Trinajstić information content (AvgIpc) is 2.28. The Kier molecular flexibility index (Phi) is 9.14. The van der Waals surface area contributed by atoms with Crippen LogP contribution in [0.1, 0.15) is 73.1 Å². The monoisotopic (exact) mass is 250 g/mol. The van der Waals surface area contributed by atoms with Gasteiger partial charge in [0, 0.05) is 0 Å². The van der Waals surface area contributed by atoms with E-state index in [0.717, 1.165) is 18.3 Å². The molecule has 0 N–H and O–H groups in total. The Bertz CT molecular complexity index is 234. The second-order valence-electron chi connectivity index (χ2n) is 6.70. The summed E-state index contributed by atoms with van der Waals surface area (Å²) in [5.41, 5.74) is 0.429. The zero-order chi connectivity index (χ0) is 14.0. The number of allylic oxidation sites excluding steroid dienone is 3. The largest absolute Gasteiger partial charge is 0.103 e. The predicted molar refractivity (Wildman–Crippen MR) is 84.8 cm³/mol. The van der Waals surface area contributed by atoms with Crippen LogP contribution >= 0.6 is 0 Å². The van der Waals surface area contributed by atoms with Gasteiger partial charge in [-0.2, -0.15) is 0 Å². The molecule has 2 atom stereocenters. The van der Waals surface area contributed by atoms with Crippen LogP contribution in [-0.2, 0) is 0 Å². The molecule has 0 aromatic rings. The Morgan fingerprint density at radius 3 is 2.44 bits per heavy atom. The molecule has 0 aromatic heterocycles. The third-order valence-corrected chi connectivity index (χ3v) is 3.86. The van der Waals surface area contributed by atoms with Gasteiger partial charge in [0.15, 0.2) is 0 Å². The highest BCUT2D eigenvalue weighted by molar-refractivity contribution is 4.88. The topological polar surface area (TPSA) is 0 Å². The lowest BCUT2D eigenvalue weighted by molar-refractivity contribution is 0.331. The molecule has 0 spiro atoms. The van der Waals surface area contributed by atoms with Gasteiger partial charge in [-0.05, 0) is 49.4 Å². The van der Waals surface area contributed by atoms with Crippen LogP contribution in [0.15, 0.2) is 24.8 Å². The minimum absolute atomic E-state index is 0.429. The van der Waals surface area contributed by atoms with Crippen molar-refractivity contribution in [2.24, 2.45) is 17.3 Å². The van der Waals surface area contributed by atoms with Crippen LogP contribution in [0.25, 0.3) is 0 Å². The van der Waals surface area contributed by atoms with Gasteiger partial charge in [0.1, 0.15) is 0 Å². The molecule has 0 radical (unpaired) electrons. The molecule has 0 aliphatic carbocycles. The van der Waals surface area contributed by atoms with Gasteiger partial charge in [-0.1, -0.05) is 59.3 Å². The molecule has 0 rings (SSSR count). The van der Waals surface area contributed by atoms with Crippen molar-refractivity contribution in [3.05, 3.63) is 24.8 Å². The van der Waals surface area contributed by atoms with Gasteiger partial charge >= 0.3 is 0 Å². The van der Waals surface area contributed by atoms with Crippen LogP contribution in [0, 0.1) is 17.3 Å². The molecule has 0 aromatic carbocycles. The lowest BCUT2D eigenvalue weighted by Crippen LogP contribution is -2.09. The summed E-state index contributed by atoms with van der Waals surface area (Å²) in [4.78, 5) is 0. The summed E-state index contributed by atoms with van der Waals surface area (Å²) in [6.07, 6.45) is 14.4. The summed E-state index contributed by atoms with van der Waals surface area (Å²) in [5, 5.41) is 0. The van der Waals surface area contributed by atoms with Crippen LogP contribution in [0.3, 0.4) is 0 Å². The molecule has 0 heteroatoms. The molecule has 0 aliphatic rings. The second kappa shape index (κ2) is 9.42. The van der Waals surface area contributed by atoms with E-state index in [9.17, 15) is 0 Å². The Morgan fingerprint density at radius 2 is 1.89 bits per heavy atom. The van der Waals surface area contributed by atoms with Crippen molar-refractivity contribution in [1.29, 1.82) is 0 Å². The average molecular weight is 250 g/mol. The van der Waals surface area contributed by atoms with Crippen LogP contribution in [0.4, 0.5) is 0 Å². The third kappa shape index (κ3) is 9.50. The van der Waals surface area contributed by atoms with Crippen molar-refractivity contribution >= 4 is 0 Å². The van der Waals surface area contributed by atoms with Crippen LogP contribution in [0.2, 0.25) is 0 Å². The predicted octanol–water partition coefficient (Wildman–Crippen LogP) is 6.39. The SMILES string of the molecule is C=CCC(C)(C)CCCC=CC(C)CC(C)CC. The lowest BCUT2D eigenvalue weighted by atomic mass is 9.84. The first-order valence-electron chi connectivity index (χ1n) is 7.69. The van der Waals surface area contributed by atoms with Gasteiger partial charge in [-0.15, -0.1) is 6.58 Å². The molecule has 106 valence electrons. The minimum atomic E-state index is 0.429. The van der Waals surface area contributed by atoms with E-state index < -0.39 is 0 Å².